The van der Waals surface area contributed by atoms with Crippen molar-refractivity contribution in [1.82, 2.24) is 0 Å². The van der Waals surface area contributed by atoms with Crippen LogP contribution < -0.4 is 0 Å². The van der Waals surface area contributed by atoms with Crippen molar-refractivity contribution in [2.24, 2.45) is 4.99 Å². The number of hydrogen-bond donors (Lipinski definition) is 0. The van der Waals surface area contributed by atoms with Gasteiger partial charge in [-0.1, -0.05) is 29.8 Å². The van der Waals surface area contributed by atoms with Crippen LogP contribution in [0.15, 0.2) is 35.3 Å². The molecule has 1 heterocycles. The molecule has 2 rings (SSSR count). The molecule has 0 radical (unpaired) electrons. The minimum absolute atomic E-state index is 0.774. The molecule has 0 saturated carbocycles. The first-order valence-corrected chi connectivity index (χ1v) is 6.32. The van der Waals surface area contributed by atoms with Crippen LogP contribution in [0.25, 0.3) is 6.08 Å². The van der Waals surface area contributed by atoms with Crippen molar-refractivity contribution in [3.8, 4) is 0 Å². The summed E-state index contributed by atoms with van der Waals surface area (Å²) in [5, 5.41) is 1.90. The molecule has 0 unspecified atom stereocenters. The number of benzene rings is 1. The topological polar surface area (TPSA) is 12.4 Å². The number of rotatable bonds is 2. The number of aliphatic imine (C=N–C) groups is 1. The molecule has 0 saturated heterocycles. The van der Waals surface area contributed by atoms with Gasteiger partial charge in [0.05, 0.1) is 5.04 Å². The van der Waals surface area contributed by atoms with Crippen molar-refractivity contribution in [2.75, 3.05) is 12.3 Å². The Labute approximate surface area is 99.2 Å². The quantitative estimate of drug-likeness (QED) is 0.760. The summed E-state index contributed by atoms with van der Waals surface area (Å²) in [6.07, 6.45) is 5.32. The highest BCUT2D eigenvalue weighted by Crippen LogP contribution is 2.16. The molecule has 0 amide bonds. The van der Waals surface area contributed by atoms with Crippen LogP contribution in [-0.2, 0) is 0 Å². The summed E-state index contributed by atoms with van der Waals surface area (Å²) < 4.78 is 0. The lowest BCUT2D eigenvalue weighted by molar-refractivity contribution is 0.940. The zero-order valence-electron chi connectivity index (χ0n) is 8.32. The molecule has 0 atom stereocenters. The van der Waals surface area contributed by atoms with Gasteiger partial charge in [0, 0.05) is 17.3 Å². The van der Waals surface area contributed by atoms with E-state index in [2.05, 4.69) is 17.1 Å². The van der Waals surface area contributed by atoms with E-state index < -0.39 is 0 Å². The van der Waals surface area contributed by atoms with Crippen molar-refractivity contribution in [1.29, 1.82) is 0 Å². The molecule has 1 aromatic rings. The smallest absolute Gasteiger partial charge is 0.0904 e. The molecule has 1 nitrogen and oxygen atoms in total. The van der Waals surface area contributed by atoms with E-state index >= 15 is 0 Å². The van der Waals surface area contributed by atoms with Crippen LogP contribution >= 0.6 is 23.4 Å². The monoisotopic (exact) mass is 237 g/mol. The summed E-state index contributed by atoms with van der Waals surface area (Å²) in [6.45, 7) is 0.961. The van der Waals surface area contributed by atoms with Crippen molar-refractivity contribution in [3.05, 3.63) is 40.9 Å². The maximum Gasteiger partial charge on any atom is 0.0904 e. The molecule has 1 aliphatic heterocycles. The predicted molar refractivity (Wildman–Crippen MR) is 69.9 cm³/mol. The third kappa shape index (κ3) is 3.40. The lowest BCUT2D eigenvalue weighted by Crippen LogP contribution is -2.00. The predicted octanol–water partition coefficient (Wildman–Crippen LogP) is 3.89. The van der Waals surface area contributed by atoms with Gasteiger partial charge in [0.1, 0.15) is 0 Å². The first-order valence-electron chi connectivity index (χ1n) is 4.95. The Balaban J connectivity index is 2.07. The first-order chi connectivity index (χ1) is 7.34. The maximum atomic E-state index is 5.90. The van der Waals surface area contributed by atoms with Gasteiger partial charge in [-0.15, -0.1) is 11.8 Å². The second kappa shape index (κ2) is 5.38. The second-order valence-electron chi connectivity index (χ2n) is 3.31. The summed E-state index contributed by atoms with van der Waals surface area (Å²) in [4.78, 5) is 4.43. The fourth-order valence-electron chi connectivity index (χ4n) is 1.35. The molecule has 0 bridgehead atoms. The van der Waals surface area contributed by atoms with E-state index in [1.807, 2.05) is 36.0 Å². The zero-order valence-corrected chi connectivity index (χ0v) is 9.89. The standard InChI is InChI=1S/C12H12ClNS/c13-11-4-1-3-10(9-11)5-6-12-14-7-2-8-15-12/h1,3-6,9H,2,7-8H2/b6-5+. The van der Waals surface area contributed by atoms with Crippen LogP contribution in [-0.4, -0.2) is 17.3 Å². The molecule has 0 aliphatic carbocycles. The molecule has 78 valence electrons. The van der Waals surface area contributed by atoms with Crippen LogP contribution in [0.2, 0.25) is 5.02 Å². The molecule has 0 N–H and O–H groups in total. The third-order valence-electron chi connectivity index (χ3n) is 2.09. The summed E-state index contributed by atoms with van der Waals surface area (Å²) in [5.41, 5.74) is 1.12. The van der Waals surface area contributed by atoms with Crippen LogP contribution in [0.1, 0.15) is 12.0 Å². The van der Waals surface area contributed by atoms with E-state index in [9.17, 15) is 0 Å². The fourth-order valence-corrected chi connectivity index (χ4v) is 2.38. The Kier molecular flexibility index (Phi) is 3.87. The highest BCUT2D eigenvalue weighted by molar-refractivity contribution is 8.14. The van der Waals surface area contributed by atoms with E-state index in [-0.39, 0.29) is 0 Å². The summed E-state index contributed by atoms with van der Waals surface area (Å²) in [6, 6.07) is 7.83. The van der Waals surface area contributed by atoms with Crippen LogP contribution in [0.4, 0.5) is 0 Å². The van der Waals surface area contributed by atoms with Crippen molar-refractivity contribution in [2.45, 2.75) is 6.42 Å². The van der Waals surface area contributed by atoms with E-state index in [0.29, 0.717) is 0 Å². The number of nitrogens with zero attached hydrogens (tertiary/aromatic N) is 1. The Hall–Kier alpha value is -0.730. The van der Waals surface area contributed by atoms with Crippen molar-refractivity contribution < 1.29 is 0 Å². The maximum absolute atomic E-state index is 5.90. The molecule has 1 aromatic carbocycles. The Morgan fingerprint density at radius 1 is 1.33 bits per heavy atom. The average molecular weight is 238 g/mol. The average Bonchev–Trinajstić information content (AvgIpc) is 2.28. The van der Waals surface area contributed by atoms with E-state index in [4.69, 9.17) is 11.6 Å². The van der Waals surface area contributed by atoms with Crippen LogP contribution in [0.3, 0.4) is 0 Å². The van der Waals surface area contributed by atoms with Gasteiger partial charge in [0.15, 0.2) is 0 Å². The van der Waals surface area contributed by atoms with Crippen molar-refractivity contribution in [3.63, 3.8) is 0 Å². The van der Waals surface area contributed by atoms with Gasteiger partial charge in [-0.3, -0.25) is 4.99 Å². The Bertz CT molecular complexity index is 398. The molecular weight excluding hydrogens is 226 g/mol. The Morgan fingerprint density at radius 2 is 2.27 bits per heavy atom. The van der Waals surface area contributed by atoms with E-state index in [1.54, 1.807) is 0 Å². The van der Waals surface area contributed by atoms with Gasteiger partial charge in [-0.05, 0) is 30.2 Å². The second-order valence-corrected chi connectivity index (χ2v) is 4.86. The van der Waals surface area contributed by atoms with Gasteiger partial charge in [-0.25, -0.2) is 0 Å². The number of thioether (sulfide) groups is 1. The lowest BCUT2D eigenvalue weighted by Gasteiger charge is -2.06. The SMILES string of the molecule is Clc1cccc(/C=C/C2=NCCCS2)c1. The minimum Gasteiger partial charge on any atom is -0.278 e. The Morgan fingerprint density at radius 3 is 3.00 bits per heavy atom. The van der Waals surface area contributed by atoms with E-state index in [0.717, 1.165) is 22.2 Å². The molecule has 0 fully saturated rings. The largest absolute Gasteiger partial charge is 0.278 e. The zero-order chi connectivity index (χ0) is 10.5. The van der Waals surface area contributed by atoms with Gasteiger partial charge in [-0.2, -0.15) is 0 Å². The molecule has 3 heteroatoms. The molecule has 15 heavy (non-hydrogen) atoms. The van der Waals surface area contributed by atoms with Crippen LogP contribution in [0.5, 0.6) is 0 Å². The molecule has 0 aromatic heterocycles. The van der Waals surface area contributed by atoms with Gasteiger partial charge in [0.25, 0.3) is 0 Å². The van der Waals surface area contributed by atoms with Gasteiger partial charge < -0.3 is 0 Å². The van der Waals surface area contributed by atoms with Crippen molar-refractivity contribution >= 4 is 34.5 Å². The number of hydrogen-bond acceptors (Lipinski definition) is 2. The first kappa shape index (κ1) is 10.8. The molecular formula is C12H12ClNS. The van der Waals surface area contributed by atoms with E-state index in [1.165, 1.54) is 12.2 Å². The van der Waals surface area contributed by atoms with Gasteiger partial charge in [0.2, 0.25) is 0 Å². The summed E-state index contributed by atoms with van der Waals surface area (Å²) in [7, 11) is 0. The third-order valence-corrected chi connectivity index (χ3v) is 3.38. The lowest BCUT2D eigenvalue weighted by atomic mass is 10.2. The number of halogens is 1. The highest BCUT2D eigenvalue weighted by Gasteiger charge is 2.01. The molecule has 1 aliphatic rings. The van der Waals surface area contributed by atoms with Crippen LogP contribution in [0, 0.1) is 0 Å². The normalized spacial score (nSPS) is 16.7. The van der Waals surface area contributed by atoms with Gasteiger partial charge >= 0.3 is 0 Å². The minimum atomic E-state index is 0.774. The summed E-state index contributed by atoms with van der Waals surface area (Å²) in [5.74, 6) is 1.18. The fraction of sp³-hybridized carbons (Fsp3) is 0.250. The molecule has 0 spiro atoms. The summed E-state index contributed by atoms with van der Waals surface area (Å²) >= 11 is 7.71. The highest BCUT2D eigenvalue weighted by atomic mass is 35.5.